The van der Waals surface area contributed by atoms with Gasteiger partial charge < -0.3 is 14.2 Å². The van der Waals surface area contributed by atoms with E-state index < -0.39 is 11.7 Å². The molecule has 0 amide bonds. The molecule has 0 spiro atoms. The Labute approximate surface area is 161 Å². The molecule has 2 aromatic rings. The minimum Gasteiger partial charge on any atom is -0.496 e. The number of hydrogen-bond donors (Lipinski definition) is 0. The maximum Gasteiger partial charge on any atom is 0.419 e. The number of hydrogen-bond acceptors (Lipinski definition) is 4. The molecule has 2 aromatic carbocycles. The first-order valence-electron chi connectivity index (χ1n) is 9.03. The molecule has 1 aliphatic rings. The molecule has 0 saturated heterocycles. The zero-order valence-corrected chi connectivity index (χ0v) is 15.4. The summed E-state index contributed by atoms with van der Waals surface area (Å²) in [5, 5.41) is 0. The Morgan fingerprint density at radius 2 is 1.82 bits per heavy atom. The summed E-state index contributed by atoms with van der Waals surface area (Å²) in [4.78, 5) is 10.9. The zero-order chi connectivity index (χ0) is 20.1. The molecule has 1 aliphatic carbocycles. The lowest BCUT2D eigenvalue weighted by Crippen LogP contribution is -2.16. The van der Waals surface area contributed by atoms with Crippen LogP contribution in [0.4, 0.5) is 13.2 Å². The molecule has 0 aliphatic heterocycles. The van der Waals surface area contributed by atoms with Gasteiger partial charge in [0.2, 0.25) is 0 Å². The van der Waals surface area contributed by atoms with Gasteiger partial charge in [0.25, 0.3) is 0 Å². The van der Waals surface area contributed by atoms with Gasteiger partial charge in [0.1, 0.15) is 23.9 Å². The van der Waals surface area contributed by atoms with Gasteiger partial charge in [-0.05, 0) is 55.5 Å². The van der Waals surface area contributed by atoms with Gasteiger partial charge in [0.15, 0.2) is 6.29 Å². The number of aldehydes is 1. The van der Waals surface area contributed by atoms with Gasteiger partial charge in [-0.25, -0.2) is 0 Å². The summed E-state index contributed by atoms with van der Waals surface area (Å²) in [5.41, 5.74) is -0.0680. The second-order valence-electron chi connectivity index (χ2n) is 6.66. The third-order valence-corrected chi connectivity index (χ3v) is 4.68. The molecule has 1 saturated carbocycles. The van der Waals surface area contributed by atoms with Crippen molar-refractivity contribution in [3.63, 3.8) is 0 Å². The third kappa shape index (κ3) is 4.77. The van der Waals surface area contributed by atoms with Gasteiger partial charge in [-0.2, -0.15) is 13.2 Å². The maximum atomic E-state index is 13.5. The number of halogens is 3. The highest BCUT2D eigenvalue weighted by molar-refractivity contribution is 5.79. The van der Waals surface area contributed by atoms with Gasteiger partial charge in [0, 0.05) is 6.07 Å². The number of ether oxygens (including phenoxy) is 3. The molecule has 28 heavy (non-hydrogen) atoms. The van der Waals surface area contributed by atoms with E-state index in [0.717, 1.165) is 31.7 Å². The molecular formula is C21H21F3O4. The van der Waals surface area contributed by atoms with E-state index in [4.69, 9.17) is 14.2 Å². The molecule has 3 rings (SSSR count). The molecule has 0 radical (unpaired) electrons. The van der Waals surface area contributed by atoms with E-state index in [2.05, 4.69) is 0 Å². The van der Waals surface area contributed by atoms with Crippen molar-refractivity contribution in [2.24, 2.45) is 0 Å². The van der Waals surface area contributed by atoms with Gasteiger partial charge in [0.05, 0.1) is 24.3 Å². The number of benzene rings is 2. The Morgan fingerprint density at radius 3 is 2.46 bits per heavy atom. The van der Waals surface area contributed by atoms with E-state index >= 15 is 0 Å². The van der Waals surface area contributed by atoms with E-state index in [1.54, 1.807) is 12.1 Å². The summed E-state index contributed by atoms with van der Waals surface area (Å²) in [5.74, 6) is 0.589. The first-order valence-corrected chi connectivity index (χ1v) is 9.03. The number of carbonyl (C=O) groups is 1. The average Bonchev–Trinajstić information content (AvgIpc) is 3.19. The van der Waals surface area contributed by atoms with Crippen molar-refractivity contribution in [2.75, 3.05) is 7.11 Å². The molecule has 0 atom stereocenters. The fraction of sp³-hybridized carbons (Fsp3) is 0.381. The topological polar surface area (TPSA) is 44.8 Å². The van der Waals surface area contributed by atoms with Crippen LogP contribution in [-0.2, 0) is 12.8 Å². The summed E-state index contributed by atoms with van der Waals surface area (Å²) in [6, 6.07) is 8.59. The van der Waals surface area contributed by atoms with Crippen LogP contribution in [0.1, 0.15) is 47.2 Å². The smallest absolute Gasteiger partial charge is 0.419 e. The van der Waals surface area contributed by atoms with Crippen molar-refractivity contribution < 1.29 is 32.2 Å². The van der Waals surface area contributed by atoms with Crippen LogP contribution < -0.4 is 14.2 Å². The number of methoxy groups -OCH3 is 1. The fourth-order valence-corrected chi connectivity index (χ4v) is 3.22. The Bertz CT molecular complexity index is 827. The highest BCUT2D eigenvalue weighted by Gasteiger charge is 2.35. The van der Waals surface area contributed by atoms with E-state index in [1.165, 1.54) is 25.3 Å². The molecule has 0 heterocycles. The molecule has 0 aromatic heterocycles. The summed E-state index contributed by atoms with van der Waals surface area (Å²) < 4.78 is 56.7. The van der Waals surface area contributed by atoms with Crippen LogP contribution in [0, 0.1) is 0 Å². The predicted molar refractivity (Wildman–Crippen MR) is 97.0 cm³/mol. The largest absolute Gasteiger partial charge is 0.496 e. The summed E-state index contributed by atoms with van der Waals surface area (Å²) >= 11 is 0. The van der Waals surface area contributed by atoms with Gasteiger partial charge in [-0.15, -0.1) is 0 Å². The van der Waals surface area contributed by atoms with Crippen molar-refractivity contribution in [3.8, 4) is 17.2 Å². The van der Waals surface area contributed by atoms with Gasteiger partial charge in [-0.1, -0.05) is 6.07 Å². The molecule has 150 valence electrons. The first kappa shape index (κ1) is 20.0. The standard InChI is InChI=1S/C21H21F3O4/c1-26-20-11-17(8-7-15(20)12-25)27-13-14-6-9-19(18(10-14)21(22,23)24)28-16-4-2-3-5-16/h6-12,16H,2-5,13H2,1H3. The second-order valence-corrected chi connectivity index (χ2v) is 6.66. The maximum absolute atomic E-state index is 13.5. The van der Waals surface area contributed by atoms with Crippen molar-refractivity contribution >= 4 is 6.29 Å². The quantitative estimate of drug-likeness (QED) is 0.588. The van der Waals surface area contributed by atoms with Crippen LogP contribution in [0.15, 0.2) is 36.4 Å². The van der Waals surface area contributed by atoms with E-state index in [9.17, 15) is 18.0 Å². The van der Waals surface area contributed by atoms with Gasteiger partial charge in [-0.3, -0.25) is 4.79 Å². The van der Waals surface area contributed by atoms with Crippen LogP contribution in [0.3, 0.4) is 0 Å². The normalized spacial score (nSPS) is 14.7. The third-order valence-electron chi connectivity index (χ3n) is 4.68. The summed E-state index contributed by atoms with van der Waals surface area (Å²) in [7, 11) is 1.42. The lowest BCUT2D eigenvalue weighted by atomic mass is 10.1. The van der Waals surface area contributed by atoms with Crippen LogP contribution in [-0.4, -0.2) is 19.5 Å². The lowest BCUT2D eigenvalue weighted by Gasteiger charge is -2.19. The van der Waals surface area contributed by atoms with Crippen LogP contribution >= 0.6 is 0 Å². The molecule has 7 heteroatoms. The van der Waals surface area contributed by atoms with Crippen molar-refractivity contribution in [1.82, 2.24) is 0 Å². The Kier molecular flexibility index (Phi) is 6.11. The zero-order valence-electron chi connectivity index (χ0n) is 15.4. The Balaban J connectivity index is 1.76. The predicted octanol–water partition coefficient (Wildman–Crippen LogP) is 5.43. The highest BCUT2D eigenvalue weighted by Crippen LogP contribution is 2.38. The Hall–Kier alpha value is -2.70. The lowest BCUT2D eigenvalue weighted by molar-refractivity contribution is -0.139. The van der Waals surface area contributed by atoms with Gasteiger partial charge >= 0.3 is 6.18 Å². The fourth-order valence-electron chi connectivity index (χ4n) is 3.22. The molecule has 0 N–H and O–H groups in total. The number of rotatable bonds is 7. The first-order chi connectivity index (χ1) is 13.4. The van der Waals surface area contributed by atoms with Crippen LogP contribution in [0.5, 0.6) is 17.2 Å². The SMILES string of the molecule is COc1cc(OCc2ccc(OC3CCCC3)c(C(F)(F)F)c2)ccc1C=O. The summed E-state index contributed by atoms with van der Waals surface area (Å²) in [6.07, 6.45) is -0.511. The minimum absolute atomic E-state index is 0.0591. The Morgan fingerprint density at radius 1 is 1.07 bits per heavy atom. The number of carbonyl (C=O) groups excluding carboxylic acids is 1. The molecule has 0 unspecified atom stereocenters. The van der Waals surface area contributed by atoms with E-state index in [0.29, 0.717) is 28.9 Å². The van der Waals surface area contributed by atoms with Crippen molar-refractivity contribution in [1.29, 1.82) is 0 Å². The van der Waals surface area contributed by atoms with Crippen molar-refractivity contribution in [2.45, 2.75) is 44.6 Å². The highest BCUT2D eigenvalue weighted by atomic mass is 19.4. The second kappa shape index (κ2) is 8.54. The number of alkyl halides is 3. The monoisotopic (exact) mass is 394 g/mol. The van der Waals surface area contributed by atoms with Crippen molar-refractivity contribution in [3.05, 3.63) is 53.1 Å². The molecule has 1 fully saturated rings. The molecular weight excluding hydrogens is 373 g/mol. The van der Waals surface area contributed by atoms with Crippen LogP contribution in [0.25, 0.3) is 0 Å². The molecule has 4 nitrogen and oxygen atoms in total. The molecule has 0 bridgehead atoms. The summed E-state index contributed by atoms with van der Waals surface area (Å²) in [6.45, 7) is -0.0591. The van der Waals surface area contributed by atoms with Crippen LogP contribution in [0.2, 0.25) is 0 Å². The minimum atomic E-state index is -4.52. The van der Waals surface area contributed by atoms with E-state index in [-0.39, 0.29) is 18.5 Å². The average molecular weight is 394 g/mol. The van der Waals surface area contributed by atoms with E-state index in [1.807, 2.05) is 0 Å².